The molecular weight excluding hydrogens is 234 g/mol. The molecule has 1 unspecified atom stereocenters. The molecule has 0 spiro atoms. The summed E-state index contributed by atoms with van der Waals surface area (Å²) in [5.41, 5.74) is 0.683. The summed E-state index contributed by atoms with van der Waals surface area (Å²) in [6.45, 7) is 0. The minimum atomic E-state index is -0.762. The van der Waals surface area contributed by atoms with Crippen LogP contribution in [0.2, 0.25) is 0 Å². The van der Waals surface area contributed by atoms with Gasteiger partial charge in [-0.2, -0.15) is 0 Å². The number of hydrogen-bond acceptors (Lipinski definition) is 4. The summed E-state index contributed by atoms with van der Waals surface area (Å²) in [6, 6.07) is 9.36. The molecule has 0 saturated heterocycles. The molecule has 2 aromatic rings. The maximum Gasteiger partial charge on any atom is 0.340 e. The monoisotopic (exact) mass is 243 g/mol. The number of cyclic esters (lactones) is 1. The van der Waals surface area contributed by atoms with E-state index < -0.39 is 17.8 Å². The van der Waals surface area contributed by atoms with Crippen molar-refractivity contribution in [2.24, 2.45) is 0 Å². The number of fused-ring (bicyclic) bond motifs is 1. The second-order valence-corrected chi connectivity index (χ2v) is 3.98. The molecule has 0 saturated carbocycles. The van der Waals surface area contributed by atoms with E-state index in [0.717, 1.165) is 6.07 Å². The molecule has 18 heavy (non-hydrogen) atoms. The molecule has 0 amide bonds. The minimum Gasteiger partial charge on any atom is -0.508 e. The van der Waals surface area contributed by atoms with Gasteiger partial charge in [0.25, 0.3) is 5.56 Å². The number of aromatic hydroxyl groups is 1. The fourth-order valence-corrected chi connectivity index (χ4v) is 2.01. The molecule has 1 aliphatic rings. The highest BCUT2D eigenvalue weighted by molar-refractivity contribution is 5.93. The maximum atomic E-state index is 11.8. The zero-order valence-electron chi connectivity index (χ0n) is 9.24. The highest BCUT2D eigenvalue weighted by atomic mass is 16.6. The molecule has 0 bridgehead atoms. The number of aromatic nitrogens is 1. The van der Waals surface area contributed by atoms with E-state index >= 15 is 0 Å². The summed E-state index contributed by atoms with van der Waals surface area (Å²) >= 11 is 0. The van der Waals surface area contributed by atoms with Crippen LogP contribution in [0.1, 0.15) is 22.1 Å². The molecule has 1 aromatic heterocycles. The first-order chi connectivity index (χ1) is 8.66. The number of carbonyl (C=O) groups is 1. The first-order valence-electron chi connectivity index (χ1n) is 5.38. The fraction of sp³-hybridized carbons (Fsp3) is 0.0769. The highest BCUT2D eigenvalue weighted by Gasteiger charge is 2.32. The third kappa shape index (κ3) is 1.48. The van der Waals surface area contributed by atoms with Gasteiger partial charge < -0.3 is 9.84 Å². The summed E-state index contributed by atoms with van der Waals surface area (Å²) in [6.07, 6.45) is 0.638. The molecule has 3 rings (SSSR count). The summed E-state index contributed by atoms with van der Waals surface area (Å²) in [7, 11) is 0. The van der Waals surface area contributed by atoms with Crippen molar-refractivity contribution in [2.75, 3.05) is 0 Å². The van der Waals surface area contributed by atoms with Crippen molar-refractivity contribution >= 4 is 5.97 Å². The SMILES string of the molecule is O=C1OC(n2ccc(O)cc2=O)c2ccccc21. The Morgan fingerprint density at radius 1 is 1.17 bits per heavy atom. The Hall–Kier alpha value is -2.56. The van der Waals surface area contributed by atoms with Crippen molar-refractivity contribution in [3.8, 4) is 5.75 Å². The Labute approximate surface area is 102 Å². The molecule has 5 nitrogen and oxygen atoms in total. The largest absolute Gasteiger partial charge is 0.508 e. The number of nitrogens with zero attached hydrogens (tertiary/aromatic N) is 1. The molecule has 1 N–H and O–H groups in total. The number of rotatable bonds is 1. The van der Waals surface area contributed by atoms with Crippen molar-refractivity contribution in [3.05, 3.63) is 64.1 Å². The van der Waals surface area contributed by atoms with Gasteiger partial charge in [0, 0.05) is 17.8 Å². The second kappa shape index (κ2) is 3.73. The van der Waals surface area contributed by atoms with Crippen molar-refractivity contribution in [1.29, 1.82) is 0 Å². The molecule has 1 aliphatic heterocycles. The topological polar surface area (TPSA) is 68.5 Å². The molecule has 0 fully saturated rings. The zero-order valence-corrected chi connectivity index (χ0v) is 9.24. The predicted molar refractivity (Wildman–Crippen MR) is 62.4 cm³/mol. The fourth-order valence-electron chi connectivity index (χ4n) is 2.01. The molecular formula is C13H9NO4. The normalized spacial score (nSPS) is 17.3. The quantitative estimate of drug-likeness (QED) is 0.766. The van der Waals surface area contributed by atoms with E-state index in [9.17, 15) is 14.7 Å². The lowest BCUT2D eigenvalue weighted by atomic mass is 10.1. The zero-order chi connectivity index (χ0) is 12.7. The van der Waals surface area contributed by atoms with Crippen LogP contribution in [0.4, 0.5) is 0 Å². The van der Waals surface area contributed by atoms with Gasteiger partial charge in [0.15, 0.2) is 0 Å². The van der Waals surface area contributed by atoms with Gasteiger partial charge in [-0.25, -0.2) is 4.79 Å². The molecule has 1 aromatic carbocycles. The number of esters is 1. The molecule has 90 valence electrons. The second-order valence-electron chi connectivity index (χ2n) is 3.98. The first kappa shape index (κ1) is 10.6. The lowest BCUT2D eigenvalue weighted by Gasteiger charge is -2.13. The van der Waals surface area contributed by atoms with Crippen LogP contribution < -0.4 is 5.56 Å². The van der Waals surface area contributed by atoms with Crippen LogP contribution >= 0.6 is 0 Å². The smallest absolute Gasteiger partial charge is 0.340 e. The van der Waals surface area contributed by atoms with E-state index in [1.54, 1.807) is 24.3 Å². The molecule has 0 radical (unpaired) electrons. The van der Waals surface area contributed by atoms with Crippen LogP contribution in [0.3, 0.4) is 0 Å². The van der Waals surface area contributed by atoms with Crippen LogP contribution in [0.25, 0.3) is 0 Å². The third-order valence-electron chi connectivity index (χ3n) is 2.85. The lowest BCUT2D eigenvalue weighted by molar-refractivity contribution is 0.0313. The summed E-state index contributed by atoms with van der Waals surface area (Å²) < 4.78 is 6.45. The van der Waals surface area contributed by atoms with Crippen LogP contribution in [-0.4, -0.2) is 15.6 Å². The third-order valence-corrected chi connectivity index (χ3v) is 2.85. The van der Waals surface area contributed by atoms with E-state index in [1.165, 1.54) is 16.8 Å². The van der Waals surface area contributed by atoms with Gasteiger partial charge in [-0.3, -0.25) is 9.36 Å². The van der Waals surface area contributed by atoms with Gasteiger partial charge in [-0.15, -0.1) is 0 Å². The van der Waals surface area contributed by atoms with E-state index in [-0.39, 0.29) is 5.75 Å². The average molecular weight is 243 g/mol. The van der Waals surface area contributed by atoms with Crippen LogP contribution in [0.15, 0.2) is 47.4 Å². The highest BCUT2D eigenvalue weighted by Crippen LogP contribution is 2.30. The van der Waals surface area contributed by atoms with Crippen LogP contribution in [-0.2, 0) is 4.74 Å². The summed E-state index contributed by atoms with van der Waals surface area (Å²) in [5, 5.41) is 9.21. The Kier molecular flexibility index (Phi) is 2.19. The number of ether oxygens (including phenoxy) is 1. The number of carbonyl (C=O) groups excluding carboxylic acids is 1. The lowest BCUT2D eigenvalue weighted by Crippen LogP contribution is -2.24. The van der Waals surface area contributed by atoms with Gasteiger partial charge in [-0.05, 0) is 12.1 Å². The van der Waals surface area contributed by atoms with Gasteiger partial charge >= 0.3 is 5.97 Å². The van der Waals surface area contributed by atoms with Gasteiger partial charge in [0.1, 0.15) is 5.75 Å². The number of pyridine rings is 1. The van der Waals surface area contributed by atoms with Crippen molar-refractivity contribution in [3.63, 3.8) is 0 Å². The van der Waals surface area contributed by atoms with Gasteiger partial charge in [0.2, 0.25) is 6.23 Å². The Bertz CT molecular complexity index is 689. The standard InChI is InChI=1S/C13H9NO4/c15-8-5-6-14(11(16)7-8)12-9-3-1-2-4-10(9)13(17)18-12/h1-7,12,15H. The number of benzene rings is 1. The molecule has 0 aliphatic carbocycles. The molecule has 2 heterocycles. The molecule has 1 atom stereocenters. The summed E-state index contributed by atoms with van der Waals surface area (Å²) in [4.78, 5) is 23.4. The predicted octanol–water partition coefficient (Wildman–Crippen LogP) is 1.27. The maximum absolute atomic E-state index is 11.8. The van der Waals surface area contributed by atoms with Gasteiger partial charge in [0.05, 0.1) is 5.56 Å². The van der Waals surface area contributed by atoms with Crippen molar-refractivity contribution < 1.29 is 14.6 Å². The van der Waals surface area contributed by atoms with E-state index in [1.807, 2.05) is 0 Å². The molecule has 5 heteroatoms. The Balaban J connectivity index is 2.15. The van der Waals surface area contributed by atoms with E-state index in [0.29, 0.717) is 11.1 Å². The van der Waals surface area contributed by atoms with Gasteiger partial charge in [-0.1, -0.05) is 18.2 Å². The average Bonchev–Trinajstić information content (AvgIpc) is 2.68. The Morgan fingerprint density at radius 2 is 1.94 bits per heavy atom. The van der Waals surface area contributed by atoms with E-state index in [4.69, 9.17) is 4.74 Å². The number of hydrogen-bond donors (Lipinski definition) is 1. The van der Waals surface area contributed by atoms with Crippen LogP contribution in [0.5, 0.6) is 5.75 Å². The van der Waals surface area contributed by atoms with E-state index in [2.05, 4.69) is 0 Å². The van der Waals surface area contributed by atoms with Crippen molar-refractivity contribution in [1.82, 2.24) is 4.57 Å². The first-order valence-corrected chi connectivity index (χ1v) is 5.38. The van der Waals surface area contributed by atoms with Crippen molar-refractivity contribution in [2.45, 2.75) is 6.23 Å². The van der Waals surface area contributed by atoms with Crippen LogP contribution in [0, 0.1) is 0 Å². The Morgan fingerprint density at radius 3 is 2.72 bits per heavy atom. The summed E-state index contributed by atoms with van der Waals surface area (Å²) in [5.74, 6) is -0.565. The minimum absolute atomic E-state index is 0.117.